The summed E-state index contributed by atoms with van der Waals surface area (Å²) >= 11 is 0. The summed E-state index contributed by atoms with van der Waals surface area (Å²) in [4.78, 5) is 28.5. The van der Waals surface area contributed by atoms with E-state index in [4.69, 9.17) is 0 Å². The first-order valence-electron chi connectivity index (χ1n) is 13.5. The molecule has 1 unspecified atom stereocenters. The van der Waals surface area contributed by atoms with Crippen LogP contribution in [0.25, 0.3) is 0 Å². The summed E-state index contributed by atoms with van der Waals surface area (Å²) in [7, 11) is -3.76. The fraction of sp³-hybridized carbons (Fsp3) is 0.533. The maximum atomic E-state index is 13.8. The molecule has 38 heavy (non-hydrogen) atoms. The Kier molecular flexibility index (Phi) is 9.63. The number of anilines is 1. The predicted octanol–water partition coefficient (Wildman–Crippen LogP) is 4.92. The van der Waals surface area contributed by atoms with Crippen LogP contribution in [0.5, 0.6) is 0 Å². The molecule has 0 bridgehead atoms. The molecule has 0 aromatic heterocycles. The Labute approximate surface area is 228 Å². The number of hydrogen-bond acceptors (Lipinski definition) is 4. The minimum atomic E-state index is -3.76. The first-order chi connectivity index (χ1) is 17.8. The molecule has 1 saturated carbocycles. The Bertz CT molecular complexity index is 1210. The first kappa shape index (κ1) is 29.7. The number of sulfonamides is 1. The van der Waals surface area contributed by atoms with Gasteiger partial charge in [-0.1, -0.05) is 82.0 Å². The van der Waals surface area contributed by atoms with E-state index in [-0.39, 0.29) is 30.5 Å². The van der Waals surface area contributed by atoms with Crippen LogP contribution in [0.1, 0.15) is 76.5 Å². The van der Waals surface area contributed by atoms with Crippen molar-refractivity contribution in [3.63, 3.8) is 0 Å². The van der Waals surface area contributed by atoms with Crippen LogP contribution < -0.4 is 9.62 Å². The molecular formula is C30H43N3O4S. The van der Waals surface area contributed by atoms with Crippen molar-refractivity contribution in [1.29, 1.82) is 0 Å². The molecule has 1 aliphatic carbocycles. The van der Waals surface area contributed by atoms with Crippen LogP contribution in [0.15, 0.2) is 48.5 Å². The Morgan fingerprint density at radius 3 is 2.21 bits per heavy atom. The van der Waals surface area contributed by atoms with E-state index in [0.717, 1.165) is 52.9 Å². The molecule has 1 N–H and O–H groups in total. The largest absolute Gasteiger partial charge is 0.352 e. The van der Waals surface area contributed by atoms with Crippen LogP contribution in [0.3, 0.4) is 0 Å². The Morgan fingerprint density at radius 1 is 1.03 bits per heavy atom. The van der Waals surface area contributed by atoms with Crippen molar-refractivity contribution in [3.8, 4) is 0 Å². The van der Waals surface area contributed by atoms with Crippen molar-refractivity contribution in [2.75, 3.05) is 17.1 Å². The van der Waals surface area contributed by atoms with Crippen LogP contribution in [0.2, 0.25) is 0 Å². The fourth-order valence-electron chi connectivity index (χ4n) is 4.90. The molecule has 2 amide bonds. The summed E-state index contributed by atoms with van der Waals surface area (Å²) in [6, 6.07) is 14.4. The molecule has 0 heterocycles. The average Bonchev–Trinajstić information content (AvgIpc) is 2.85. The minimum absolute atomic E-state index is 0.0873. The summed E-state index contributed by atoms with van der Waals surface area (Å²) < 4.78 is 26.8. The first-order valence-corrected chi connectivity index (χ1v) is 15.3. The lowest BCUT2D eigenvalue weighted by Crippen LogP contribution is -2.53. The molecule has 3 rings (SSSR count). The molecule has 208 valence electrons. The summed E-state index contributed by atoms with van der Waals surface area (Å²) in [6.45, 7) is 9.77. The van der Waals surface area contributed by atoms with E-state index in [1.807, 2.05) is 43.3 Å². The number of aryl methyl sites for hydroxylation is 1. The third kappa shape index (κ3) is 8.06. The average molecular weight is 542 g/mol. The highest BCUT2D eigenvalue weighted by molar-refractivity contribution is 7.92. The van der Waals surface area contributed by atoms with Gasteiger partial charge >= 0.3 is 0 Å². The molecule has 0 spiro atoms. The molecule has 7 nitrogen and oxygen atoms in total. The molecule has 1 aliphatic rings. The Balaban J connectivity index is 1.88. The molecule has 8 heteroatoms. The van der Waals surface area contributed by atoms with Crippen molar-refractivity contribution in [2.45, 2.75) is 90.8 Å². The minimum Gasteiger partial charge on any atom is -0.352 e. The van der Waals surface area contributed by atoms with Gasteiger partial charge in [-0.2, -0.15) is 0 Å². The van der Waals surface area contributed by atoms with E-state index in [1.54, 1.807) is 19.1 Å². The highest BCUT2D eigenvalue weighted by Gasteiger charge is 2.31. The van der Waals surface area contributed by atoms with Crippen molar-refractivity contribution in [2.24, 2.45) is 0 Å². The van der Waals surface area contributed by atoms with Crippen LogP contribution in [0, 0.1) is 6.92 Å². The van der Waals surface area contributed by atoms with Gasteiger partial charge in [-0.25, -0.2) is 8.42 Å². The standard InChI is InChI=1S/C30H43N3O4S/c1-22-11-10-12-24(19-22)20-32(23(2)29(35)31-26-13-8-7-9-14-26)28(34)21-33(38(6,36)37)27-17-15-25(16-18-27)30(3,4)5/h10-12,15-19,23,26H,7-9,13-14,20-21H2,1-6H3,(H,31,35). The quantitative estimate of drug-likeness (QED) is 0.488. The number of hydrogen-bond donors (Lipinski definition) is 1. The predicted molar refractivity (Wildman–Crippen MR) is 154 cm³/mol. The maximum Gasteiger partial charge on any atom is 0.244 e. The maximum absolute atomic E-state index is 13.8. The van der Waals surface area contributed by atoms with Crippen molar-refractivity contribution in [3.05, 3.63) is 65.2 Å². The molecule has 1 atom stereocenters. The molecule has 1 fully saturated rings. The van der Waals surface area contributed by atoms with Gasteiger partial charge in [-0.15, -0.1) is 0 Å². The number of benzene rings is 2. The molecule has 0 radical (unpaired) electrons. The van der Waals surface area contributed by atoms with Gasteiger partial charge < -0.3 is 10.2 Å². The second-order valence-corrected chi connectivity index (χ2v) is 13.5. The highest BCUT2D eigenvalue weighted by atomic mass is 32.2. The zero-order valence-corrected chi connectivity index (χ0v) is 24.5. The van der Waals surface area contributed by atoms with Crippen LogP contribution in [-0.4, -0.2) is 50.0 Å². The number of nitrogens with zero attached hydrogens (tertiary/aromatic N) is 2. The zero-order chi connectivity index (χ0) is 28.1. The fourth-order valence-corrected chi connectivity index (χ4v) is 5.75. The second-order valence-electron chi connectivity index (χ2n) is 11.6. The monoisotopic (exact) mass is 541 g/mol. The number of nitrogens with one attached hydrogen (secondary N) is 1. The second kappa shape index (κ2) is 12.3. The summed E-state index contributed by atoms with van der Waals surface area (Å²) in [5.74, 6) is -0.638. The zero-order valence-electron chi connectivity index (χ0n) is 23.7. The van der Waals surface area contributed by atoms with Gasteiger partial charge in [-0.05, 0) is 55.4 Å². The van der Waals surface area contributed by atoms with Crippen molar-refractivity contribution < 1.29 is 18.0 Å². The van der Waals surface area contributed by atoms with Gasteiger partial charge in [0, 0.05) is 12.6 Å². The van der Waals surface area contributed by atoms with Crippen LogP contribution in [-0.2, 0) is 31.6 Å². The van der Waals surface area contributed by atoms with E-state index in [2.05, 4.69) is 26.1 Å². The molecule has 2 aromatic rings. The lowest BCUT2D eigenvalue weighted by molar-refractivity contribution is -0.139. The molecular weight excluding hydrogens is 498 g/mol. The summed E-state index contributed by atoms with van der Waals surface area (Å²) in [6.07, 6.45) is 6.33. The van der Waals surface area contributed by atoms with Crippen molar-refractivity contribution in [1.82, 2.24) is 10.2 Å². The van der Waals surface area contributed by atoms with Gasteiger partial charge in [0.2, 0.25) is 21.8 Å². The third-order valence-electron chi connectivity index (χ3n) is 7.25. The van der Waals surface area contributed by atoms with E-state index < -0.39 is 22.0 Å². The number of carbonyl (C=O) groups is 2. The van der Waals surface area contributed by atoms with Gasteiger partial charge in [0.1, 0.15) is 12.6 Å². The number of rotatable bonds is 9. The molecule has 2 aromatic carbocycles. The summed E-state index contributed by atoms with van der Waals surface area (Å²) in [5, 5.41) is 3.12. The van der Waals surface area contributed by atoms with Gasteiger partial charge in [0.05, 0.1) is 11.9 Å². The SMILES string of the molecule is Cc1cccc(CN(C(=O)CN(c2ccc(C(C)(C)C)cc2)S(C)(=O)=O)C(C)C(=O)NC2CCCCC2)c1. The van der Waals surface area contributed by atoms with E-state index in [0.29, 0.717) is 5.69 Å². The van der Waals surface area contributed by atoms with Gasteiger partial charge in [0.15, 0.2) is 0 Å². The van der Waals surface area contributed by atoms with Crippen molar-refractivity contribution >= 4 is 27.5 Å². The lowest BCUT2D eigenvalue weighted by atomic mass is 9.87. The Morgan fingerprint density at radius 2 is 1.66 bits per heavy atom. The molecule has 0 saturated heterocycles. The highest BCUT2D eigenvalue weighted by Crippen LogP contribution is 2.26. The number of amides is 2. The Hall–Kier alpha value is -2.87. The van der Waals surface area contributed by atoms with E-state index in [1.165, 1.54) is 11.3 Å². The van der Waals surface area contributed by atoms with Crippen LogP contribution >= 0.6 is 0 Å². The lowest BCUT2D eigenvalue weighted by Gasteiger charge is -2.33. The van der Waals surface area contributed by atoms with E-state index >= 15 is 0 Å². The summed E-state index contributed by atoms with van der Waals surface area (Å²) in [5.41, 5.74) is 3.33. The third-order valence-corrected chi connectivity index (χ3v) is 8.40. The van der Waals surface area contributed by atoms with Gasteiger partial charge in [-0.3, -0.25) is 13.9 Å². The number of carbonyl (C=O) groups excluding carboxylic acids is 2. The van der Waals surface area contributed by atoms with E-state index in [9.17, 15) is 18.0 Å². The smallest absolute Gasteiger partial charge is 0.244 e. The van der Waals surface area contributed by atoms with Gasteiger partial charge in [0.25, 0.3) is 0 Å². The molecule has 0 aliphatic heterocycles. The normalized spacial score (nSPS) is 15.5. The topological polar surface area (TPSA) is 86.8 Å². The van der Waals surface area contributed by atoms with Crippen LogP contribution in [0.4, 0.5) is 5.69 Å².